The van der Waals surface area contributed by atoms with Gasteiger partial charge in [-0.05, 0) is 30.7 Å². The van der Waals surface area contributed by atoms with E-state index in [1.807, 2.05) is 19.1 Å². The second-order valence-corrected chi connectivity index (χ2v) is 6.12. The van der Waals surface area contributed by atoms with Gasteiger partial charge in [0, 0.05) is 15.6 Å². The lowest BCUT2D eigenvalue weighted by Gasteiger charge is -2.17. The second kappa shape index (κ2) is 6.22. The number of hydrogen-bond acceptors (Lipinski definition) is 1. The third-order valence-electron chi connectivity index (χ3n) is 3.04. The summed E-state index contributed by atoms with van der Waals surface area (Å²) in [4.78, 5) is -0.495. The molecule has 0 fully saturated rings. The van der Waals surface area contributed by atoms with Crippen LogP contribution in [-0.2, 0) is 0 Å². The van der Waals surface area contributed by atoms with Gasteiger partial charge in [-0.2, -0.15) is 0 Å². The first-order chi connectivity index (χ1) is 9.45. The van der Waals surface area contributed by atoms with Gasteiger partial charge in [0.2, 0.25) is 0 Å². The van der Waals surface area contributed by atoms with E-state index >= 15 is 0 Å². The number of aryl methyl sites for hydroxylation is 1. The van der Waals surface area contributed by atoms with Crippen molar-refractivity contribution < 1.29 is 13.5 Å². The summed E-state index contributed by atoms with van der Waals surface area (Å²) in [7, 11) is 1.55. The highest BCUT2D eigenvalue weighted by Gasteiger charge is 2.21. The van der Waals surface area contributed by atoms with Crippen LogP contribution >= 0.6 is 31.9 Å². The summed E-state index contributed by atoms with van der Waals surface area (Å²) in [5.41, 5.74) is 1.97. The number of ether oxygens (including phenoxy) is 1. The molecule has 2 aromatic carbocycles. The molecule has 0 bridgehead atoms. The van der Waals surface area contributed by atoms with Crippen molar-refractivity contribution >= 4 is 31.9 Å². The van der Waals surface area contributed by atoms with Gasteiger partial charge in [0.1, 0.15) is 5.75 Å². The summed E-state index contributed by atoms with van der Waals surface area (Å²) in [6.45, 7) is 1.93. The minimum Gasteiger partial charge on any atom is -0.496 e. The van der Waals surface area contributed by atoms with E-state index in [-0.39, 0.29) is 5.56 Å². The van der Waals surface area contributed by atoms with Gasteiger partial charge in [0.05, 0.1) is 11.9 Å². The Morgan fingerprint density at radius 3 is 2.50 bits per heavy atom. The van der Waals surface area contributed by atoms with Crippen molar-refractivity contribution in [2.24, 2.45) is 0 Å². The molecule has 0 aliphatic heterocycles. The second-order valence-electron chi connectivity index (χ2n) is 4.35. The molecule has 0 spiro atoms. The van der Waals surface area contributed by atoms with Crippen molar-refractivity contribution in [3.63, 3.8) is 0 Å². The van der Waals surface area contributed by atoms with Gasteiger partial charge < -0.3 is 4.74 Å². The molecule has 1 unspecified atom stereocenters. The molecular weight excluding hydrogens is 394 g/mol. The quantitative estimate of drug-likeness (QED) is 0.610. The number of rotatable bonds is 3. The van der Waals surface area contributed by atoms with Crippen LogP contribution in [0.5, 0.6) is 5.75 Å². The highest BCUT2D eigenvalue weighted by atomic mass is 79.9. The van der Waals surface area contributed by atoms with Crippen LogP contribution in [0.1, 0.15) is 21.5 Å². The molecule has 5 heteroatoms. The molecule has 2 rings (SSSR count). The van der Waals surface area contributed by atoms with E-state index in [0.717, 1.165) is 21.7 Å². The van der Waals surface area contributed by atoms with Gasteiger partial charge in [0.25, 0.3) is 0 Å². The number of benzene rings is 2. The van der Waals surface area contributed by atoms with Crippen LogP contribution in [0.4, 0.5) is 8.78 Å². The molecule has 0 radical (unpaired) electrons. The van der Waals surface area contributed by atoms with E-state index in [0.29, 0.717) is 5.75 Å². The molecule has 0 saturated carbocycles. The van der Waals surface area contributed by atoms with E-state index in [9.17, 15) is 8.78 Å². The minimum absolute atomic E-state index is 0.235. The summed E-state index contributed by atoms with van der Waals surface area (Å²) in [6.07, 6.45) is 0. The summed E-state index contributed by atoms with van der Waals surface area (Å²) < 4.78 is 33.5. The lowest BCUT2D eigenvalue weighted by Crippen LogP contribution is -2.02. The normalized spacial score (nSPS) is 12.3. The molecule has 0 aliphatic carbocycles. The maximum atomic E-state index is 13.9. The first kappa shape index (κ1) is 15.4. The van der Waals surface area contributed by atoms with Crippen LogP contribution in [0, 0.1) is 18.6 Å². The van der Waals surface area contributed by atoms with Crippen LogP contribution in [-0.4, -0.2) is 7.11 Å². The minimum atomic E-state index is -0.864. The number of alkyl halides is 1. The Morgan fingerprint density at radius 2 is 1.85 bits per heavy atom. The highest BCUT2D eigenvalue weighted by Crippen LogP contribution is 2.40. The molecule has 0 heterocycles. The van der Waals surface area contributed by atoms with Crippen LogP contribution in [0.15, 0.2) is 34.8 Å². The number of hydrogen-bond donors (Lipinski definition) is 0. The average molecular weight is 406 g/mol. The summed E-state index contributed by atoms with van der Waals surface area (Å²) >= 11 is 6.86. The first-order valence-corrected chi connectivity index (χ1v) is 7.58. The van der Waals surface area contributed by atoms with Crippen molar-refractivity contribution in [1.29, 1.82) is 0 Å². The summed E-state index contributed by atoms with van der Waals surface area (Å²) in [5, 5.41) is 0. The smallest absolute Gasteiger partial charge is 0.163 e. The fourth-order valence-corrected chi connectivity index (χ4v) is 3.00. The van der Waals surface area contributed by atoms with Crippen LogP contribution in [0.25, 0.3) is 0 Å². The van der Waals surface area contributed by atoms with E-state index in [2.05, 4.69) is 31.9 Å². The Hall–Kier alpha value is -0.940. The van der Waals surface area contributed by atoms with Crippen molar-refractivity contribution in [2.45, 2.75) is 11.8 Å². The predicted octanol–water partition coefficient (Wildman–Crippen LogP) is 5.53. The highest BCUT2D eigenvalue weighted by molar-refractivity contribution is 9.10. The fraction of sp³-hybridized carbons (Fsp3) is 0.200. The molecule has 0 aromatic heterocycles. The summed E-state index contributed by atoms with van der Waals surface area (Å²) in [6, 6.07) is 7.83. The molecule has 0 saturated heterocycles. The molecule has 1 atom stereocenters. The topological polar surface area (TPSA) is 9.23 Å². The zero-order valence-corrected chi connectivity index (χ0v) is 14.1. The molecule has 106 valence electrons. The van der Waals surface area contributed by atoms with Crippen LogP contribution in [0.2, 0.25) is 0 Å². The maximum absolute atomic E-state index is 13.9. The van der Waals surface area contributed by atoms with Gasteiger partial charge in [-0.25, -0.2) is 8.78 Å². The average Bonchev–Trinajstić information content (AvgIpc) is 2.43. The standard InChI is InChI=1S/C15H12Br2F2O/c1-8-6-13(20-2)10(7-11(8)16)14(17)9-4-3-5-12(18)15(9)19/h3-7,14H,1-2H3. The molecule has 0 amide bonds. The zero-order valence-electron chi connectivity index (χ0n) is 10.9. The zero-order chi connectivity index (χ0) is 14.9. The molecule has 2 aromatic rings. The fourth-order valence-electron chi connectivity index (χ4n) is 1.93. The Bertz CT molecular complexity index is 644. The van der Waals surface area contributed by atoms with Gasteiger partial charge in [-0.1, -0.05) is 44.0 Å². The van der Waals surface area contributed by atoms with Gasteiger partial charge in [-0.3, -0.25) is 0 Å². The Labute approximate surface area is 133 Å². The number of halogens is 4. The lowest BCUT2D eigenvalue weighted by atomic mass is 10.0. The third-order valence-corrected chi connectivity index (χ3v) is 4.88. The molecular formula is C15H12Br2F2O. The van der Waals surface area contributed by atoms with E-state index in [1.165, 1.54) is 6.07 Å². The molecule has 0 aliphatic rings. The third kappa shape index (κ3) is 2.88. The SMILES string of the molecule is COc1cc(C)c(Br)cc1C(Br)c1cccc(F)c1F. The number of methoxy groups -OCH3 is 1. The molecule has 20 heavy (non-hydrogen) atoms. The molecule has 1 nitrogen and oxygen atoms in total. The predicted molar refractivity (Wildman–Crippen MR) is 82.6 cm³/mol. The van der Waals surface area contributed by atoms with Crippen LogP contribution in [0.3, 0.4) is 0 Å². The van der Waals surface area contributed by atoms with Crippen molar-refractivity contribution in [3.05, 3.63) is 63.1 Å². The Kier molecular flexibility index (Phi) is 4.81. The Balaban J connectivity index is 2.55. The lowest BCUT2D eigenvalue weighted by molar-refractivity contribution is 0.409. The van der Waals surface area contributed by atoms with Gasteiger partial charge in [0.15, 0.2) is 11.6 Å². The molecule has 0 N–H and O–H groups in total. The van der Waals surface area contributed by atoms with Crippen molar-refractivity contribution in [2.75, 3.05) is 7.11 Å². The van der Waals surface area contributed by atoms with Gasteiger partial charge in [-0.15, -0.1) is 0 Å². The van der Waals surface area contributed by atoms with Crippen LogP contribution < -0.4 is 4.74 Å². The van der Waals surface area contributed by atoms with Gasteiger partial charge >= 0.3 is 0 Å². The maximum Gasteiger partial charge on any atom is 0.163 e. The monoisotopic (exact) mass is 404 g/mol. The van der Waals surface area contributed by atoms with E-state index < -0.39 is 16.5 Å². The summed E-state index contributed by atoms with van der Waals surface area (Å²) in [5.74, 6) is -1.10. The van der Waals surface area contributed by atoms with Crippen molar-refractivity contribution in [3.8, 4) is 5.75 Å². The van der Waals surface area contributed by atoms with E-state index in [4.69, 9.17) is 4.74 Å². The largest absolute Gasteiger partial charge is 0.496 e. The van der Waals surface area contributed by atoms with Crippen molar-refractivity contribution in [1.82, 2.24) is 0 Å². The first-order valence-electron chi connectivity index (χ1n) is 5.87. The van der Waals surface area contributed by atoms with E-state index in [1.54, 1.807) is 13.2 Å². The Morgan fingerprint density at radius 1 is 1.15 bits per heavy atom.